The summed E-state index contributed by atoms with van der Waals surface area (Å²) in [5.41, 5.74) is -0.190. The van der Waals surface area contributed by atoms with Crippen LogP contribution >= 0.6 is 0 Å². The van der Waals surface area contributed by atoms with Gasteiger partial charge in [-0.3, -0.25) is 4.79 Å². The summed E-state index contributed by atoms with van der Waals surface area (Å²) in [6.45, 7) is 0.233. The van der Waals surface area contributed by atoms with E-state index in [1.165, 1.54) is 6.07 Å². The van der Waals surface area contributed by atoms with Gasteiger partial charge in [-0.15, -0.1) is 0 Å². The Balaban J connectivity index is 1.98. The van der Waals surface area contributed by atoms with Gasteiger partial charge in [-0.05, 0) is 11.6 Å². The lowest BCUT2D eigenvalue weighted by molar-refractivity contribution is 0.0691. The summed E-state index contributed by atoms with van der Waals surface area (Å²) in [5.74, 6) is -1.87. The van der Waals surface area contributed by atoms with Crippen molar-refractivity contribution in [2.45, 2.75) is 6.61 Å². The molecular weight excluding hydrogens is 301 g/mol. The summed E-state index contributed by atoms with van der Waals surface area (Å²) in [7, 11) is 0. The van der Waals surface area contributed by atoms with E-state index in [1.807, 2.05) is 30.3 Å². The van der Waals surface area contributed by atoms with Gasteiger partial charge in [0.15, 0.2) is 11.2 Å². The highest BCUT2D eigenvalue weighted by atomic mass is 19.1. The highest BCUT2D eigenvalue weighted by molar-refractivity contribution is 5.90. The van der Waals surface area contributed by atoms with Crippen molar-refractivity contribution in [2.75, 3.05) is 0 Å². The summed E-state index contributed by atoms with van der Waals surface area (Å²) >= 11 is 0. The predicted octanol–water partition coefficient (Wildman–Crippen LogP) is 2.94. The van der Waals surface area contributed by atoms with Crippen LogP contribution in [0.5, 0.6) is 5.75 Å². The van der Waals surface area contributed by atoms with E-state index in [4.69, 9.17) is 9.84 Å². The largest absolute Gasteiger partial charge is 0.489 e. The molecule has 0 saturated heterocycles. The Labute approximate surface area is 130 Å². The maximum absolute atomic E-state index is 14.2. The van der Waals surface area contributed by atoms with Gasteiger partial charge >= 0.3 is 5.97 Å². The number of rotatable bonds is 4. The number of fused-ring (bicyclic) bond motifs is 1. The van der Waals surface area contributed by atoms with E-state index in [2.05, 4.69) is 4.98 Å². The second-order valence-electron chi connectivity index (χ2n) is 4.95. The molecule has 1 aromatic heterocycles. The van der Waals surface area contributed by atoms with Gasteiger partial charge in [0.2, 0.25) is 0 Å². The zero-order valence-corrected chi connectivity index (χ0v) is 11.9. The van der Waals surface area contributed by atoms with E-state index in [0.717, 1.165) is 17.7 Å². The van der Waals surface area contributed by atoms with Crippen molar-refractivity contribution in [2.24, 2.45) is 0 Å². The van der Waals surface area contributed by atoms with Gasteiger partial charge in [-0.2, -0.15) is 0 Å². The normalized spacial score (nSPS) is 10.7. The van der Waals surface area contributed by atoms with Gasteiger partial charge in [0.05, 0.1) is 10.9 Å². The van der Waals surface area contributed by atoms with Crippen LogP contribution < -0.4 is 10.2 Å². The zero-order valence-electron chi connectivity index (χ0n) is 11.9. The summed E-state index contributed by atoms with van der Waals surface area (Å²) in [4.78, 5) is 25.3. The minimum Gasteiger partial charge on any atom is -0.489 e. The van der Waals surface area contributed by atoms with Crippen LogP contribution in [0.25, 0.3) is 10.9 Å². The first-order valence-electron chi connectivity index (χ1n) is 6.81. The number of aromatic carboxylic acids is 1. The molecule has 2 N–H and O–H groups in total. The standard InChI is InChI=1S/C17H12FNO4/c18-13-7-11(23-9-10-4-2-1-3-5-10)6-12-15(20)8-14(17(21)22)19-16(12)13/h1-8H,9H2,(H,19,20)(H,21,22). The SMILES string of the molecule is O=C(O)c1cc(=O)c2cc(OCc3ccccc3)cc(F)c2[nH]1. The van der Waals surface area contributed by atoms with E-state index in [9.17, 15) is 14.0 Å². The van der Waals surface area contributed by atoms with Crippen LogP contribution in [0.1, 0.15) is 16.1 Å². The third-order valence-corrected chi connectivity index (χ3v) is 3.34. The topological polar surface area (TPSA) is 79.4 Å². The Hall–Kier alpha value is -3.15. The second kappa shape index (κ2) is 5.92. The van der Waals surface area contributed by atoms with Crippen molar-refractivity contribution in [3.05, 3.63) is 75.8 Å². The van der Waals surface area contributed by atoms with Crippen molar-refractivity contribution in [3.8, 4) is 5.75 Å². The number of carbonyl (C=O) groups is 1. The fraction of sp³-hybridized carbons (Fsp3) is 0.0588. The lowest BCUT2D eigenvalue weighted by Crippen LogP contribution is -2.10. The van der Waals surface area contributed by atoms with Crippen molar-refractivity contribution in [1.29, 1.82) is 0 Å². The average molecular weight is 313 g/mol. The zero-order chi connectivity index (χ0) is 16.4. The number of carboxylic acids is 1. The van der Waals surface area contributed by atoms with Crippen LogP contribution in [0.3, 0.4) is 0 Å². The molecule has 0 bridgehead atoms. The minimum atomic E-state index is -1.33. The number of ether oxygens (including phenoxy) is 1. The smallest absolute Gasteiger partial charge is 0.352 e. The summed E-state index contributed by atoms with van der Waals surface area (Å²) in [5, 5.41) is 8.95. The number of aromatic amines is 1. The maximum Gasteiger partial charge on any atom is 0.352 e. The van der Waals surface area contributed by atoms with Crippen LogP contribution in [0.4, 0.5) is 4.39 Å². The van der Waals surface area contributed by atoms with Gasteiger partial charge in [0, 0.05) is 12.1 Å². The molecule has 3 aromatic rings. The van der Waals surface area contributed by atoms with E-state index >= 15 is 0 Å². The average Bonchev–Trinajstić information content (AvgIpc) is 2.54. The molecule has 3 rings (SSSR count). The lowest BCUT2D eigenvalue weighted by Gasteiger charge is -2.08. The van der Waals surface area contributed by atoms with Crippen LogP contribution in [0.15, 0.2) is 53.3 Å². The third-order valence-electron chi connectivity index (χ3n) is 3.34. The molecule has 6 heteroatoms. The van der Waals surface area contributed by atoms with E-state index in [-0.39, 0.29) is 29.0 Å². The molecule has 5 nitrogen and oxygen atoms in total. The molecule has 0 unspecified atom stereocenters. The number of benzene rings is 2. The Kier molecular flexibility index (Phi) is 3.80. The van der Waals surface area contributed by atoms with Crippen molar-refractivity contribution in [3.63, 3.8) is 0 Å². The molecular formula is C17H12FNO4. The van der Waals surface area contributed by atoms with Crippen LogP contribution in [-0.2, 0) is 6.61 Å². The molecule has 1 heterocycles. The number of carboxylic acid groups (broad SMARTS) is 1. The molecule has 0 saturated carbocycles. The molecule has 0 atom stereocenters. The number of halogens is 1. The quantitative estimate of drug-likeness (QED) is 0.776. The molecule has 23 heavy (non-hydrogen) atoms. The van der Waals surface area contributed by atoms with Gasteiger partial charge in [0.1, 0.15) is 18.1 Å². The Morgan fingerprint density at radius 3 is 2.61 bits per heavy atom. The Bertz CT molecular complexity index is 934. The van der Waals surface area contributed by atoms with Gasteiger partial charge in [-0.25, -0.2) is 9.18 Å². The third kappa shape index (κ3) is 3.06. The minimum absolute atomic E-state index is 0.0399. The highest BCUT2D eigenvalue weighted by Gasteiger charge is 2.13. The number of aromatic nitrogens is 1. The molecule has 0 aliphatic rings. The van der Waals surface area contributed by atoms with Crippen LogP contribution in [0, 0.1) is 5.82 Å². The predicted molar refractivity (Wildman–Crippen MR) is 82.3 cm³/mol. The number of hydrogen-bond acceptors (Lipinski definition) is 3. The molecule has 0 amide bonds. The monoisotopic (exact) mass is 313 g/mol. The maximum atomic E-state index is 14.2. The van der Waals surface area contributed by atoms with Crippen molar-refractivity contribution >= 4 is 16.9 Å². The highest BCUT2D eigenvalue weighted by Crippen LogP contribution is 2.22. The Morgan fingerprint density at radius 2 is 1.91 bits per heavy atom. The molecule has 116 valence electrons. The molecule has 0 aliphatic carbocycles. The van der Waals surface area contributed by atoms with E-state index in [1.54, 1.807) is 0 Å². The molecule has 0 spiro atoms. The molecule has 0 fully saturated rings. The van der Waals surface area contributed by atoms with E-state index in [0.29, 0.717) is 0 Å². The van der Waals surface area contributed by atoms with E-state index < -0.39 is 17.2 Å². The number of nitrogens with one attached hydrogen (secondary N) is 1. The fourth-order valence-electron chi connectivity index (χ4n) is 2.22. The van der Waals surface area contributed by atoms with Crippen LogP contribution in [0.2, 0.25) is 0 Å². The Morgan fingerprint density at radius 1 is 1.17 bits per heavy atom. The first kappa shape index (κ1) is 14.8. The number of H-pyrrole nitrogens is 1. The van der Waals surface area contributed by atoms with Gasteiger partial charge in [0.25, 0.3) is 0 Å². The van der Waals surface area contributed by atoms with Crippen molar-refractivity contribution in [1.82, 2.24) is 4.98 Å². The number of hydrogen-bond donors (Lipinski definition) is 2. The van der Waals surface area contributed by atoms with Crippen molar-refractivity contribution < 1.29 is 19.0 Å². The molecule has 0 radical (unpaired) electrons. The van der Waals surface area contributed by atoms with Gasteiger partial charge in [-0.1, -0.05) is 30.3 Å². The van der Waals surface area contributed by atoms with Crippen LogP contribution in [-0.4, -0.2) is 16.1 Å². The first-order chi connectivity index (χ1) is 11.0. The summed E-state index contributed by atoms with van der Waals surface area (Å²) in [6, 6.07) is 12.8. The number of pyridine rings is 1. The summed E-state index contributed by atoms with van der Waals surface area (Å²) in [6.07, 6.45) is 0. The molecule has 0 aliphatic heterocycles. The first-order valence-corrected chi connectivity index (χ1v) is 6.81. The molecule has 2 aromatic carbocycles. The summed E-state index contributed by atoms with van der Waals surface area (Å²) < 4.78 is 19.7. The van der Waals surface area contributed by atoms with Gasteiger partial charge < -0.3 is 14.8 Å². The lowest BCUT2D eigenvalue weighted by atomic mass is 10.1. The second-order valence-corrected chi connectivity index (χ2v) is 4.95. The fourth-order valence-corrected chi connectivity index (χ4v) is 2.22.